The van der Waals surface area contributed by atoms with Gasteiger partial charge in [0.25, 0.3) is 0 Å². The number of fused-ring (bicyclic) bond motifs is 1. The third-order valence-electron chi connectivity index (χ3n) is 4.72. The predicted octanol–water partition coefficient (Wildman–Crippen LogP) is 1.62. The molecule has 1 aliphatic heterocycles. The summed E-state index contributed by atoms with van der Waals surface area (Å²) in [5.41, 5.74) is 2.06. The largest absolute Gasteiger partial charge is 0.377 e. The highest BCUT2D eigenvalue weighted by Gasteiger charge is 2.21. The number of aryl methyl sites for hydroxylation is 1. The highest BCUT2D eigenvalue weighted by atomic mass is 16.5. The van der Waals surface area contributed by atoms with E-state index in [1.54, 1.807) is 11.8 Å². The SMILES string of the molecule is COCc1nc(N2CCCN(c3ccncc3)CC2)c2cnn(C)c2n1. The number of hydrogen-bond donors (Lipinski definition) is 0. The van der Waals surface area contributed by atoms with E-state index >= 15 is 0 Å². The maximum absolute atomic E-state index is 5.25. The third-order valence-corrected chi connectivity index (χ3v) is 4.72. The molecule has 0 aromatic carbocycles. The standard InChI is InChI=1S/C18H23N7O/c1-23-17-15(12-20-23)18(22-16(21-17)13-26-2)25-9-3-8-24(10-11-25)14-4-6-19-7-5-14/h4-7,12H,3,8-11,13H2,1-2H3. The van der Waals surface area contributed by atoms with Crippen LogP contribution >= 0.6 is 0 Å². The van der Waals surface area contributed by atoms with Crippen LogP contribution in [0.25, 0.3) is 11.0 Å². The van der Waals surface area contributed by atoms with Crippen LogP contribution in [-0.4, -0.2) is 58.0 Å². The molecule has 0 aliphatic carbocycles. The predicted molar refractivity (Wildman–Crippen MR) is 100 cm³/mol. The van der Waals surface area contributed by atoms with Gasteiger partial charge in [0, 0.05) is 58.4 Å². The Bertz CT molecular complexity index is 880. The van der Waals surface area contributed by atoms with Crippen molar-refractivity contribution < 1.29 is 4.74 Å². The number of rotatable bonds is 4. The van der Waals surface area contributed by atoms with E-state index in [4.69, 9.17) is 9.72 Å². The first-order chi connectivity index (χ1) is 12.8. The molecule has 4 rings (SSSR count). The summed E-state index contributed by atoms with van der Waals surface area (Å²) in [6, 6.07) is 4.13. The van der Waals surface area contributed by atoms with E-state index in [1.165, 1.54) is 5.69 Å². The number of methoxy groups -OCH3 is 1. The monoisotopic (exact) mass is 353 g/mol. The second-order valence-corrected chi connectivity index (χ2v) is 6.43. The second-order valence-electron chi connectivity index (χ2n) is 6.43. The van der Waals surface area contributed by atoms with E-state index < -0.39 is 0 Å². The van der Waals surface area contributed by atoms with Crippen LogP contribution in [0, 0.1) is 0 Å². The van der Waals surface area contributed by atoms with Gasteiger partial charge in [-0.1, -0.05) is 0 Å². The summed E-state index contributed by atoms with van der Waals surface area (Å²) in [5, 5.41) is 5.36. The van der Waals surface area contributed by atoms with Crippen molar-refractivity contribution in [3.8, 4) is 0 Å². The van der Waals surface area contributed by atoms with Crippen LogP contribution in [0.4, 0.5) is 11.5 Å². The maximum Gasteiger partial charge on any atom is 0.163 e. The number of nitrogens with zero attached hydrogens (tertiary/aromatic N) is 7. The molecule has 0 amide bonds. The lowest BCUT2D eigenvalue weighted by molar-refractivity contribution is 0.178. The number of anilines is 2. The average Bonchev–Trinajstić information content (AvgIpc) is 2.89. The van der Waals surface area contributed by atoms with Gasteiger partial charge in [0.05, 0.1) is 11.6 Å². The third kappa shape index (κ3) is 3.20. The first-order valence-corrected chi connectivity index (χ1v) is 8.84. The van der Waals surface area contributed by atoms with Crippen LogP contribution in [0.3, 0.4) is 0 Å². The second kappa shape index (κ2) is 7.25. The van der Waals surface area contributed by atoms with E-state index in [2.05, 4.69) is 37.0 Å². The molecular formula is C18H23N7O. The van der Waals surface area contributed by atoms with Crippen LogP contribution in [0.2, 0.25) is 0 Å². The molecule has 136 valence electrons. The molecule has 0 bridgehead atoms. The summed E-state index contributed by atoms with van der Waals surface area (Å²) >= 11 is 0. The van der Waals surface area contributed by atoms with Gasteiger partial charge in [-0.3, -0.25) is 9.67 Å². The van der Waals surface area contributed by atoms with E-state index in [9.17, 15) is 0 Å². The lowest BCUT2D eigenvalue weighted by atomic mass is 10.3. The van der Waals surface area contributed by atoms with Crippen LogP contribution in [0.1, 0.15) is 12.2 Å². The molecule has 1 fully saturated rings. The van der Waals surface area contributed by atoms with E-state index in [0.29, 0.717) is 12.4 Å². The summed E-state index contributed by atoms with van der Waals surface area (Å²) in [7, 11) is 3.57. The van der Waals surface area contributed by atoms with E-state index in [1.807, 2.05) is 25.6 Å². The smallest absolute Gasteiger partial charge is 0.163 e. The van der Waals surface area contributed by atoms with Gasteiger partial charge in [-0.15, -0.1) is 0 Å². The Morgan fingerprint density at radius 2 is 1.81 bits per heavy atom. The van der Waals surface area contributed by atoms with Gasteiger partial charge in [-0.2, -0.15) is 5.10 Å². The molecule has 4 heterocycles. The van der Waals surface area contributed by atoms with Gasteiger partial charge in [-0.05, 0) is 18.6 Å². The molecule has 8 nitrogen and oxygen atoms in total. The fraction of sp³-hybridized carbons (Fsp3) is 0.444. The van der Waals surface area contributed by atoms with Gasteiger partial charge in [0.2, 0.25) is 0 Å². The Labute approximate surface area is 152 Å². The topological polar surface area (TPSA) is 72.2 Å². The van der Waals surface area contributed by atoms with Gasteiger partial charge in [-0.25, -0.2) is 9.97 Å². The first-order valence-electron chi connectivity index (χ1n) is 8.84. The van der Waals surface area contributed by atoms with Gasteiger partial charge in [0.1, 0.15) is 12.4 Å². The summed E-state index contributed by atoms with van der Waals surface area (Å²) in [5.74, 6) is 1.64. The maximum atomic E-state index is 5.25. The number of aromatic nitrogens is 5. The molecule has 0 unspecified atom stereocenters. The van der Waals surface area contributed by atoms with Crippen molar-refractivity contribution in [3.05, 3.63) is 36.5 Å². The van der Waals surface area contributed by atoms with Crippen LogP contribution < -0.4 is 9.80 Å². The minimum absolute atomic E-state index is 0.394. The Morgan fingerprint density at radius 3 is 2.62 bits per heavy atom. The quantitative estimate of drug-likeness (QED) is 0.706. The molecule has 0 N–H and O–H groups in total. The van der Waals surface area contributed by atoms with Crippen molar-refractivity contribution in [1.82, 2.24) is 24.7 Å². The van der Waals surface area contributed by atoms with E-state index in [-0.39, 0.29) is 0 Å². The Kier molecular flexibility index (Phi) is 4.66. The van der Waals surface area contributed by atoms with Crippen LogP contribution in [-0.2, 0) is 18.4 Å². The first kappa shape index (κ1) is 16.7. The Morgan fingerprint density at radius 1 is 1.04 bits per heavy atom. The van der Waals surface area contributed by atoms with Crippen molar-refractivity contribution in [1.29, 1.82) is 0 Å². The Balaban J connectivity index is 1.63. The zero-order chi connectivity index (χ0) is 17.9. The molecule has 0 saturated carbocycles. The van der Waals surface area contributed by atoms with Crippen LogP contribution in [0.5, 0.6) is 0 Å². The molecule has 26 heavy (non-hydrogen) atoms. The van der Waals surface area contributed by atoms with Crippen molar-refractivity contribution in [2.45, 2.75) is 13.0 Å². The fourth-order valence-corrected chi connectivity index (χ4v) is 3.43. The number of pyridine rings is 1. The summed E-state index contributed by atoms with van der Waals surface area (Å²) in [6.07, 6.45) is 6.61. The Hall–Kier alpha value is -2.74. The minimum Gasteiger partial charge on any atom is -0.377 e. The lowest BCUT2D eigenvalue weighted by Crippen LogP contribution is -2.31. The molecule has 1 saturated heterocycles. The van der Waals surface area contributed by atoms with Gasteiger partial charge in [0.15, 0.2) is 11.5 Å². The molecule has 8 heteroatoms. The molecule has 1 aliphatic rings. The summed E-state index contributed by atoms with van der Waals surface area (Å²) < 4.78 is 7.04. The molecule has 0 radical (unpaired) electrons. The zero-order valence-electron chi connectivity index (χ0n) is 15.2. The molecule has 0 spiro atoms. The minimum atomic E-state index is 0.394. The molecule has 0 atom stereocenters. The summed E-state index contributed by atoms with van der Waals surface area (Å²) in [4.78, 5) is 18.2. The number of hydrogen-bond acceptors (Lipinski definition) is 7. The van der Waals surface area contributed by atoms with Crippen molar-refractivity contribution in [3.63, 3.8) is 0 Å². The highest BCUT2D eigenvalue weighted by molar-refractivity contribution is 5.87. The normalized spacial score (nSPS) is 15.5. The molecule has 3 aromatic heterocycles. The molecular weight excluding hydrogens is 330 g/mol. The number of ether oxygens (including phenoxy) is 1. The van der Waals surface area contributed by atoms with Gasteiger partial charge >= 0.3 is 0 Å². The van der Waals surface area contributed by atoms with Crippen molar-refractivity contribution in [2.24, 2.45) is 7.05 Å². The summed E-state index contributed by atoms with van der Waals surface area (Å²) in [6.45, 7) is 4.21. The average molecular weight is 353 g/mol. The molecule has 3 aromatic rings. The fourth-order valence-electron chi connectivity index (χ4n) is 3.43. The van der Waals surface area contributed by atoms with Crippen molar-refractivity contribution in [2.75, 3.05) is 43.1 Å². The lowest BCUT2D eigenvalue weighted by Gasteiger charge is -2.24. The van der Waals surface area contributed by atoms with E-state index in [0.717, 1.165) is 49.5 Å². The highest BCUT2D eigenvalue weighted by Crippen LogP contribution is 2.25. The zero-order valence-corrected chi connectivity index (χ0v) is 15.2. The van der Waals surface area contributed by atoms with Crippen LogP contribution in [0.15, 0.2) is 30.7 Å². The van der Waals surface area contributed by atoms with Gasteiger partial charge < -0.3 is 14.5 Å². The van der Waals surface area contributed by atoms with Crippen molar-refractivity contribution >= 4 is 22.5 Å².